The third-order valence-corrected chi connectivity index (χ3v) is 2.94. The first-order valence-electron chi connectivity index (χ1n) is 5.56. The molecule has 0 aliphatic rings. The summed E-state index contributed by atoms with van der Waals surface area (Å²) in [6.45, 7) is 0. The van der Waals surface area contributed by atoms with Crippen LogP contribution in [0.4, 0.5) is 24.5 Å². The van der Waals surface area contributed by atoms with E-state index in [1.807, 2.05) is 6.07 Å². The van der Waals surface area contributed by atoms with E-state index in [1.165, 1.54) is 30.5 Å². The van der Waals surface area contributed by atoms with Gasteiger partial charge in [-0.3, -0.25) is 0 Å². The number of ether oxygens (including phenoxy) is 1. The molecule has 108 valence electrons. The first-order valence-corrected chi connectivity index (χ1v) is 6.35. The SMILES string of the molecule is N#Cc1cc(Nc2ccc(OC(F)(F)F)c(Br)c2)ccn1. The molecule has 1 heterocycles. The van der Waals surface area contributed by atoms with Crippen molar-refractivity contribution >= 4 is 27.3 Å². The van der Waals surface area contributed by atoms with E-state index in [-0.39, 0.29) is 15.9 Å². The van der Waals surface area contributed by atoms with E-state index in [9.17, 15) is 13.2 Å². The Bertz CT molecular complexity index is 698. The van der Waals surface area contributed by atoms with Gasteiger partial charge < -0.3 is 10.1 Å². The number of anilines is 2. The lowest BCUT2D eigenvalue weighted by atomic mass is 10.2. The van der Waals surface area contributed by atoms with Gasteiger partial charge in [-0.25, -0.2) is 4.98 Å². The van der Waals surface area contributed by atoms with Gasteiger partial charge in [0.05, 0.1) is 4.47 Å². The van der Waals surface area contributed by atoms with E-state index in [4.69, 9.17) is 5.26 Å². The predicted molar refractivity (Wildman–Crippen MR) is 73.1 cm³/mol. The number of rotatable bonds is 3. The number of hydrogen-bond acceptors (Lipinski definition) is 4. The summed E-state index contributed by atoms with van der Waals surface area (Å²) in [4.78, 5) is 3.82. The van der Waals surface area contributed by atoms with Crippen LogP contribution < -0.4 is 10.1 Å². The fraction of sp³-hybridized carbons (Fsp3) is 0.0769. The molecule has 0 fully saturated rings. The molecule has 0 unspecified atom stereocenters. The second kappa shape index (κ2) is 6.01. The molecule has 0 bridgehead atoms. The van der Waals surface area contributed by atoms with Crippen molar-refractivity contribution in [1.82, 2.24) is 4.98 Å². The molecule has 1 aromatic heterocycles. The predicted octanol–water partition coefficient (Wildman–Crippen LogP) is 4.36. The summed E-state index contributed by atoms with van der Waals surface area (Å²) in [7, 11) is 0. The lowest BCUT2D eigenvalue weighted by Crippen LogP contribution is -2.17. The number of nitrogens with zero attached hydrogens (tertiary/aromatic N) is 2. The van der Waals surface area contributed by atoms with Crippen molar-refractivity contribution in [2.24, 2.45) is 0 Å². The number of aromatic nitrogens is 1. The molecule has 1 aromatic carbocycles. The average Bonchev–Trinajstić information content (AvgIpc) is 2.41. The molecule has 8 heteroatoms. The highest BCUT2D eigenvalue weighted by Crippen LogP contribution is 2.33. The monoisotopic (exact) mass is 357 g/mol. The van der Waals surface area contributed by atoms with Gasteiger partial charge in [-0.05, 0) is 46.3 Å². The first kappa shape index (κ1) is 15.1. The summed E-state index contributed by atoms with van der Waals surface area (Å²) in [6, 6.07) is 9.10. The van der Waals surface area contributed by atoms with E-state index in [2.05, 4.69) is 31.0 Å². The normalized spacial score (nSPS) is 10.8. The standard InChI is InChI=1S/C13H7BrF3N3O/c14-11-6-8(1-2-12(11)21-13(15,16)17)20-9-3-4-19-10(5-9)7-18/h1-6H,(H,19,20). The zero-order valence-electron chi connectivity index (χ0n) is 10.3. The van der Waals surface area contributed by atoms with Crippen molar-refractivity contribution in [3.63, 3.8) is 0 Å². The van der Waals surface area contributed by atoms with Crippen LogP contribution in [0.5, 0.6) is 5.75 Å². The van der Waals surface area contributed by atoms with Crippen molar-refractivity contribution < 1.29 is 17.9 Å². The van der Waals surface area contributed by atoms with E-state index >= 15 is 0 Å². The van der Waals surface area contributed by atoms with E-state index < -0.39 is 6.36 Å². The van der Waals surface area contributed by atoms with Gasteiger partial charge in [0.2, 0.25) is 0 Å². The third kappa shape index (κ3) is 4.36. The molecule has 21 heavy (non-hydrogen) atoms. The van der Waals surface area contributed by atoms with Crippen molar-refractivity contribution in [2.75, 3.05) is 5.32 Å². The van der Waals surface area contributed by atoms with Crippen LogP contribution in [0, 0.1) is 11.3 Å². The highest BCUT2D eigenvalue weighted by atomic mass is 79.9. The van der Waals surface area contributed by atoms with E-state index in [1.54, 1.807) is 6.07 Å². The van der Waals surface area contributed by atoms with Gasteiger partial charge in [-0.1, -0.05) is 0 Å². The lowest BCUT2D eigenvalue weighted by Gasteiger charge is -2.12. The van der Waals surface area contributed by atoms with Crippen LogP contribution in [-0.4, -0.2) is 11.3 Å². The second-order valence-electron chi connectivity index (χ2n) is 3.86. The quantitative estimate of drug-likeness (QED) is 0.886. The zero-order valence-corrected chi connectivity index (χ0v) is 11.9. The molecule has 1 N–H and O–H groups in total. The van der Waals surface area contributed by atoms with Gasteiger partial charge in [0.15, 0.2) is 0 Å². The Labute approximate surface area is 126 Å². The molecule has 4 nitrogen and oxygen atoms in total. The molecule has 0 aliphatic carbocycles. The summed E-state index contributed by atoms with van der Waals surface area (Å²) >= 11 is 3.01. The van der Waals surface area contributed by atoms with E-state index in [0.717, 1.165) is 0 Å². The Kier molecular flexibility index (Phi) is 4.33. The molecule has 0 spiro atoms. The minimum absolute atomic E-state index is 0.152. The number of alkyl halides is 3. The zero-order chi connectivity index (χ0) is 15.5. The van der Waals surface area contributed by atoms with Gasteiger partial charge in [0.25, 0.3) is 0 Å². The van der Waals surface area contributed by atoms with Gasteiger partial charge in [-0.15, -0.1) is 13.2 Å². The number of halogens is 4. The number of pyridine rings is 1. The van der Waals surface area contributed by atoms with Crippen LogP contribution in [0.3, 0.4) is 0 Å². The lowest BCUT2D eigenvalue weighted by molar-refractivity contribution is -0.274. The molecule has 0 saturated carbocycles. The summed E-state index contributed by atoms with van der Waals surface area (Å²) in [6.07, 6.45) is -3.29. The van der Waals surface area contributed by atoms with Crippen molar-refractivity contribution in [3.05, 3.63) is 46.7 Å². The van der Waals surface area contributed by atoms with E-state index in [0.29, 0.717) is 11.4 Å². The molecular formula is C13H7BrF3N3O. The van der Waals surface area contributed by atoms with Crippen LogP contribution in [0.1, 0.15) is 5.69 Å². The average molecular weight is 358 g/mol. The number of benzene rings is 1. The van der Waals surface area contributed by atoms with Crippen LogP contribution >= 0.6 is 15.9 Å². The van der Waals surface area contributed by atoms with Crippen LogP contribution in [0.25, 0.3) is 0 Å². The number of nitriles is 1. The van der Waals surface area contributed by atoms with Crippen LogP contribution in [0.2, 0.25) is 0 Å². The van der Waals surface area contributed by atoms with Crippen molar-refractivity contribution in [2.45, 2.75) is 6.36 Å². The highest BCUT2D eigenvalue weighted by Gasteiger charge is 2.31. The molecule has 0 atom stereocenters. The maximum Gasteiger partial charge on any atom is 0.573 e. The maximum atomic E-state index is 12.2. The smallest absolute Gasteiger partial charge is 0.405 e. The molecule has 2 aromatic rings. The Morgan fingerprint density at radius 2 is 1.90 bits per heavy atom. The third-order valence-electron chi connectivity index (χ3n) is 2.32. The number of hydrogen-bond donors (Lipinski definition) is 1. The summed E-state index contributed by atoms with van der Waals surface area (Å²) in [5.74, 6) is -0.333. The molecule has 0 aliphatic heterocycles. The van der Waals surface area contributed by atoms with Gasteiger partial charge in [-0.2, -0.15) is 5.26 Å². The topological polar surface area (TPSA) is 57.9 Å². The maximum absolute atomic E-state index is 12.2. The fourth-order valence-corrected chi connectivity index (χ4v) is 1.98. The largest absolute Gasteiger partial charge is 0.573 e. The Balaban J connectivity index is 2.18. The molecule has 0 saturated heterocycles. The van der Waals surface area contributed by atoms with Gasteiger partial charge in [0.1, 0.15) is 17.5 Å². The first-order chi connectivity index (χ1) is 9.87. The molecule has 0 radical (unpaired) electrons. The van der Waals surface area contributed by atoms with Crippen LogP contribution in [0.15, 0.2) is 41.0 Å². The molecule has 0 amide bonds. The molecular weight excluding hydrogens is 351 g/mol. The Morgan fingerprint density at radius 3 is 2.52 bits per heavy atom. The minimum atomic E-state index is -4.75. The van der Waals surface area contributed by atoms with Crippen LogP contribution in [-0.2, 0) is 0 Å². The number of nitrogens with one attached hydrogen (secondary N) is 1. The summed E-state index contributed by atoms with van der Waals surface area (Å²) < 4.78 is 40.5. The van der Waals surface area contributed by atoms with Gasteiger partial charge in [0, 0.05) is 17.6 Å². The fourth-order valence-electron chi connectivity index (χ4n) is 1.52. The highest BCUT2D eigenvalue weighted by molar-refractivity contribution is 9.10. The second-order valence-corrected chi connectivity index (χ2v) is 4.71. The Hall–Kier alpha value is -2.27. The van der Waals surface area contributed by atoms with Crippen molar-refractivity contribution in [3.8, 4) is 11.8 Å². The summed E-state index contributed by atoms with van der Waals surface area (Å²) in [5.41, 5.74) is 1.36. The summed E-state index contributed by atoms with van der Waals surface area (Å²) in [5, 5.41) is 11.7. The van der Waals surface area contributed by atoms with Gasteiger partial charge >= 0.3 is 6.36 Å². The minimum Gasteiger partial charge on any atom is -0.405 e. The molecule has 2 rings (SSSR count). The van der Waals surface area contributed by atoms with Crippen molar-refractivity contribution in [1.29, 1.82) is 5.26 Å². The Morgan fingerprint density at radius 1 is 1.19 bits per heavy atom.